The fourth-order valence-electron chi connectivity index (χ4n) is 8.96. The molecule has 0 fully saturated rings. The van der Waals surface area contributed by atoms with Gasteiger partial charge in [-0.3, -0.25) is 0 Å². The molecule has 2 unspecified atom stereocenters. The van der Waals surface area contributed by atoms with Gasteiger partial charge in [0.25, 0.3) is 0 Å². The summed E-state index contributed by atoms with van der Waals surface area (Å²) in [6.07, 6.45) is 24.6. The second-order valence-electron chi connectivity index (χ2n) is 14.6. The summed E-state index contributed by atoms with van der Waals surface area (Å²) >= 11 is 0. The quantitative estimate of drug-likeness (QED) is 0.0881. The van der Waals surface area contributed by atoms with E-state index in [1.54, 1.807) is 0 Å². The van der Waals surface area contributed by atoms with Crippen LogP contribution >= 0.6 is 17.2 Å². The van der Waals surface area contributed by atoms with Crippen LogP contribution in [0.25, 0.3) is 66.2 Å². The normalized spacial score (nSPS) is 16.5. The minimum atomic E-state index is 0. The predicted molar refractivity (Wildman–Crippen MR) is 248 cm³/mol. The molecule has 0 bridgehead atoms. The number of hydrogen-bond donors (Lipinski definition) is 0. The van der Waals surface area contributed by atoms with Crippen LogP contribution in [-0.2, 0) is 17.1 Å². The third kappa shape index (κ3) is 6.15. The molecule has 7 aromatic rings. The molecule has 270 valence electrons. The first-order chi connectivity index (χ1) is 27.8. The molecule has 0 N–H and O–H groups in total. The number of benzene rings is 6. The first-order valence-corrected chi connectivity index (χ1v) is 21.4. The van der Waals surface area contributed by atoms with Crippen molar-refractivity contribution in [1.82, 2.24) is 0 Å². The molecule has 7 aromatic carbocycles. The molecule has 3 heteroatoms. The fourth-order valence-corrected chi connectivity index (χ4v) is 11.0. The number of hydrogen-bond acceptors (Lipinski definition) is 0. The largest absolute Gasteiger partial charge is 2.00 e. The Morgan fingerprint density at radius 1 is 0.474 bits per heavy atom. The van der Waals surface area contributed by atoms with Crippen molar-refractivity contribution in [2.24, 2.45) is 0 Å². The Morgan fingerprint density at radius 2 is 1.16 bits per heavy atom. The number of fused-ring (bicyclic) bond motifs is 13. The maximum Gasteiger partial charge on any atom is 2.00 e. The van der Waals surface area contributed by atoms with E-state index in [0.29, 0.717) is 17.2 Å². The Bertz CT molecular complexity index is 3050. The van der Waals surface area contributed by atoms with Crippen LogP contribution in [0.4, 0.5) is 0 Å². The molecule has 0 aromatic heterocycles. The first kappa shape index (κ1) is 35.8. The van der Waals surface area contributed by atoms with Gasteiger partial charge in [0.2, 0.25) is 0 Å². The third-order valence-electron chi connectivity index (χ3n) is 11.5. The summed E-state index contributed by atoms with van der Waals surface area (Å²) in [4.78, 5) is 0. The van der Waals surface area contributed by atoms with Crippen LogP contribution in [0, 0.1) is 5.92 Å². The van der Waals surface area contributed by atoms with E-state index in [1.165, 1.54) is 110 Å². The topological polar surface area (TPSA) is 0 Å². The minimum Gasteiger partial charge on any atom is -0.152 e. The van der Waals surface area contributed by atoms with Crippen molar-refractivity contribution in [2.75, 3.05) is 0 Å². The van der Waals surface area contributed by atoms with Crippen LogP contribution in [-0.4, -0.2) is 0 Å². The molecule has 0 spiro atoms. The van der Waals surface area contributed by atoms with E-state index in [2.05, 4.69) is 206 Å². The van der Waals surface area contributed by atoms with Crippen LogP contribution in [0.1, 0.15) is 11.1 Å². The summed E-state index contributed by atoms with van der Waals surface area (Å²) in [5.74, 6) is 6.01. The number of rotatable bonds is 1. The molecule has 5 aliphatic rings. The molecular weight excluding hydrogens is 766 g/mol. The van der Waals surface area contributed by atoms with Crippen molar-refractivity contribution in [1.29, 1.82) is 0 Å². The minimum absolute atomic E-state index is 0. The first-order valence-electron chi connectivity index (χ1n) is 19.3. The van der Waals surface area contributed by atoms with Gasteiger partial charge in [0.1, 0.15) is 0 Å². The second-order valence-corrected chi connectivity index (χ2v) is 16.9. The van der Waals surface area contributed by atoms with Gasteiger partial charge in [0, 0.05) is 0 Å². The molecule has 57 heavy (non-hydrogen) atoms. The van der Waals surface area contributed by atoms with E-state index in [9.17, 15) is 0 Å². The summed E-state index contributed by atoms with van der Waals surface area (Å²) in [5, 5.41) is 10.8. The van der Waals surface area contributed by atoms with E-state index in [-0.39, 0.29) is 17.1 Å². The van der Waals surface area contributed by atoms with Crippen molar-refractivity contribution in [3.05, 3.63) is 239 Å². The SMILES string of the molecule is C1=CC(=C2C=CC=C3C4=C(C=C[C-]32)c2c(ccc3ccccc23)PC=C4)C=C1.C1=Cc2c(ccc3c(-[c-]4cccc4)cccc23)-c2c(ccc3ccccc23)P1.[Fe+2]. The van der Waals surface area contributed by atoms with Gasteiger partial charge >= 0.3 is 17.1 Å². The summed E-state index contributed by atoms with van der Waals surface area (Å²) in [7, 11) is 1.38. The van der Waals surface area contributed by atoms with Crippen LogP contribution in [0.5, 0.6) is 0 Å². The molecular formula is C54H36FeP2. The van der Waals surface area contributed by atoms with Crippen molar-refractivity contribution in [3.63, 3.8) is 0 Å². The van der Waals surface area contributed by atoms with Crippen molar-refractivity contribution in [3.8, 4) is 22.3 Å². The average molecular weight is 803 g/mol. The van der Waals surface area contributed by atoms with Crippen LogP contribution in [0.3, 0.4) is 0 Å². The maximum absolute atomic E-state index is 2.34. The van der Waals surface area contributed by atoms with Gasteiger partial charge in [0.05, 0.1) is 0 Å². The van der Waals surface area contributed by atoms with Gasteiger partial charge < -0.3 is 0 Å². The molecule has 2 atom stereocenters. The van der Waals surface area contributed by atoms with Gasteiger partial charge in [-0.1, -0.05) is 207 Å². The van der Waals surface area contributed by atoms with Crippen molar-refractivity contribution >= 4 is 71.7 Å². The third-order valence-corrected chi connectivity index (χ3v) is 13.7. The molecule has 0 saturated heterocycles. The van der Waals surface area contributed by atoms with Gasteiger partial charge in [-0.15, -0.1) is 54.1 Å². The zero-order valence-corrected chi connectivity index (χ0v) is 34.1. The molecule has 2 heterocycles. The Balaban J connectivity index is 0.000000137. The second kappa shape index (κ2) is 15.0. The fraction of sp³-hybridized carbons (Fsp3) is 0. The molecule has 0 amide bonds. The molecule has 0 radical (unpaired) electrons. The van der Waals surface area contributed by atoms with E-state index in [1.807, 2.05) is 0 Å². The van der Waals surface area contributed by atoms with Gasteiger partial charge in [-0.2, -0.15) is 12.1 Å². The van der Waals surface area contributed by atoms with Crippen LogP contribution in [0.15, 0.2) is 222 Å². The zero-order valence-electron chi connectivity index (χ0n) is 31.0. The molecule has 3 aliphatic carbocycles. The van der Waals surface area contributed by atoms with E-state index in [4.69, 9.17) is 0 Å². The van der Waals surface area contributed by atoms with Crippen LogP contribution in [0.2, 0.25) is 0 Å². The summed E-state index contributed by atoms with van der Waals surface area (Å²) in [5.41, 5.74) is 14.7. The maximum atomic E-state index is 2.34. The number of allylic oxidation sites excluding steroid dienone is 15. The molecule has 12 rings (SSSR count). The van der Waals surface area contributed by atoms with Gasteiger partial charge in [0.15, 0.2) is 0 Å². The Morgan fingerprint density at radius 3 is 1.93 bits per heavy atom. The Kier molecular flexibility index (Phi) is 9.43. The van der Waals surface area contributed by atoms with Crippen molar-refractivity contribution < 1.29 is 17.1 Å². The van der Waals surface area contributed by atoms with Crippen LogP contribution < -0.4 is 10.6 Å². The molecule has 0 saturated carbocycles. The molecule has 0 nitrogen and oxygen atoms in total. The van der Waals surface area contributed by atoms with E-state index < -0.39 is 0 Å². The van der Waals surface area contributed by atoms with E-state index in [0.717, 1.165) is 0 Å². The van der Waals surface area contributed by atoms with Gasteiger partial charge in [-0.25, -0.2) is 0 Å². The van der Waals surface area contributed by atoms with E-state index >= 15 is 0 Å². The average Bonchev–Trinajstić information content (AvgIpc) is 3.92. The van der Waals surface area contributed by atoms with Crippen molar-refractivity contribution in [2.45, 2.75) is 0 Å². The summed E-state index contributed by atoms with van der Waals surface area (Å²) in [6, 6.07) is 46.6. The Labute approximate surface area is 348 Å². The summed E-state index contributed by atoms with van der Waals surface area (Å²) in [6.45, 7) is 0. The standard InChI is InChI=1S/2C27H18P.Fe/c2*1-2-7-18(6-1)20-10-5-11-22-23(20)13-14-25-24(22)16-17-28-26-15-12-19-8-3-4-9-21(19)27(25)26;/h2*1-17,28H;/q2*-1;+2. The molecule has 2 aliphatic heterocycles. The predicted octanol–water partition coefficient (Wildman–Crippen LogP) is 13.8. The Hall–Kier alpha value is -5.64. The van der Waals surface area contributed by atoms with Gasteiger partial charge in [-0.05, 0) is 59.8 Å². The zero-order chi connectivity index (χ0) is 37.0. The summed E-state index contributed by atoms with van der Waals surface area (Å²) < 4.78 is 0. The monoisotopic (exact) mass is 802 g/mol. The smallest absolute Gasteiger partial charge is 0.152 e.